The summed E-state index contributed by atoms with van der Waals surface area (Å²) < 4.78 is 6.99. The SMILES string of the molecule is COc1ccc(-c2cc(-n3c(=O)[nH]c4ccccc43)c(-c3ccccc3)[nH]2)cc1. The van der Waals surface area contributed by atoms with Crippen LogP contribution in [-0.2, 0) is 0 Å². The number of nitrogens with one attached hydrogen (secondary N) is 2. The van der Waals surface area contributed by atoms with Gasteiger partial charge in [-0.15, -0.1) is 0 Å². The fourth-order valence-corrected chi connectivity index (χ4v) is 3.66. The van der Waals surface area contributed by atoms with Crippen LogP contribution in [0.2, 0.25) is 0 Å². The van der Waals surface area contributed by atoms with Crippen molar-refractivity contribution in [2.24, 2.45) is 0 Å². The highest BCUT2D eigenvalue weighted by atomic mass is 16.5. The number of benzene rings is 3. The standard InChI is InChI=1S/C24H19N3O2/c1-29-18-13-11-16(12-14-18)20-15-22(23(25-20)17-7-3-2-4-8-17)27-21-10-6-5-9-19(21)26-24(27)28/h2-15,25H,1H3,(H,26,28). The Bertz CT molecular complexity index is 1340. The number of nitrogens with zero attached hydrogens (tertiary/aromatic N) is 1. The molecular weight excluding hydrogens is 362 g/mol. The van der Waals surface area contributed by atoms with Gasteiger partial charge in [-0.1, -0.05) is 42.5 Å². The molecule has 2 N–H and O–H groups in total. The van der Waals surface area contributed by atoms with Crippen molar-refractivity contribution in [1.82, 2.24) is 14.5 Å². The Morgan fingerprint density at radius 1 is 0.793 bits per heavy atom. The third kappa shape index (κ3) is 2.93. The molecule has 0 unspecified atom stereocenters. The summed E-state index contributed by atoms with van der Waals surface area (Å²) in [6, 6.07) is 27.6. The van der Waals surface area contributed by atoms with Crippen LogP contribution in [0, 0.1) is 0 Å². The number of hydrogen-bond acceptors (Lipinski definition) is 2. The molecule has 0 spiro atoms. The molecule has 0 atom stereocenters. The number of aromatic nitrogens is 3. The van der Waals surface area contributed by atoms with Crippen LogP contribution in [-0.4, -0.2) is 21.6 Å². The molecule has 5 aromatic rings. The van der Waals surface area contributed by atoms with Gasteiger partial charge in [-0.05, 0) is 48.0 Å². The number of hydrogen-bond donors (Lipinski definition) is 2. The van der Waals surface area contributed by atoms with E-state index in [1.54, 1.807) is 11.7 Å². The predicted molar refractivity (Wildman–Crippen MR) is 116 cm³/mol. The molecule has 0 aliphatic carbocycles. The lowest BCUT2D eigenvalue weighted by Crippen LogP contribution is -2.14. The quantitative estimate of drug-likeness (QED) is 0.461. The normalized spacial score (nSPS) is 11.1. The largest absolute Gasteiger partial charge is 0.497 e. The average molecular weight is 381 g/mol. The van der Waals surface area contributed by atoms with Gasteiger partial charge in [-0.3, -0.25) is 4.57 Å². The summed E-state index contributed by atoms with van der Waals surface area (Å²) in [6.45, 7) is 0. The second-order valence-corrected chi connectivity index (χ2v) is 6.82. The van der Waals surface area contributed by atoms with E-state index in [-0.39, 0.29) is 5.69 Å². The molecule has 0 bridgehead atoms. The summed E-state index contributed by atoms with van der Waals surface area (Å²) in [5.41, 5.74) is 6.15. The molecule has 142 valence electrons. The topological polar surface area (TPSA) is 62.8 Å². The minimum atomic E-state index is -0.163. The summed E-state index contributed by atoms with van der Waals surface area (Å²) >= 11 is 0. The first kappa shape index (κ1) is 17.1. The maximum atomic E-state index is 12.8. The summed E-state index contributed by atoms with van der Waals surface area (Å²) in [7, 11) is 1.65. The van der Waals surface area contributed by atoms with Gasteiger partial charge in [0.25, 0.3) is 0 Å². The molecule has 0 aliphatic heterocycles. The number of H-pyrrole nitrogens is 2. The third-order valence-corrected chi connectivity index (χ3v) is 5.09. The molecule has 0 saturated heterocycles. The minimum Gasteiger partial charge on any atom is -0.497 e. The number of ether oxygens (including phenoxy) is 1. The van der Waals surface area contributed by atoms with Crippen molar-refractivity contribution in [3.63, 3.8) is 0 Å². The first-order valence-corrected chi connectivity index (χ1v) is 9.37. The van der Waals surface area contributed by atoms with E-state index in [1.807, 2.05) is 84.9 Å². The van der Waals surface area contributed by atoms with E-state index in [9.17, 15) is 4.79 Å². The summed E-state index contributed by atoms with van der Waals surface area (Å²) in [6.07, 6.45) is 0. The molecular formula is C24H19N3O2. The number of rotatable bonds is 4. The van der Waals surface area contributed by atoms with Crippen molar-refractivity contribution < 1.29 is 4.74 Å². The Balaban J connectivity index is 1.76. The number of imidazole rings is 1. The van der Waals surface area contributed by atoms with Gasteiger partial charge in [0, 0.05) is 11.3 Å². The Labute approximate surface area is 167 Å². The van der Waals surface area contributed by atoms with Crippen molar-refractivity contribution in [2.75, 3.05) is 7.11 Å². The predicted octanol–water partition coefficient (Wildman–Crippen LogP) is 4.99. The first-order chi connectivity index (χ1) is 14.2. The van der Waals surface area contributed by atoms with Gasteiger partial charge in [0.1, 0.15) is 5.75 Å². The van der Waals surface area contributed by atoms with Crippen LogP contribution >= 0.6 is 0 Å². The summed E-state index contributed by atoms with van der Waals surface area (Å²) in [5.74, 6) is 0.802. The second-order valence-electron chi connectivity index (χ2n) is 6.82. The Kier molecular flexibility index (Phi) is 4.06. The maximum absolute atomic E-state index is 12.8. The van der Waals surface area contributed by atoms with Gasteiger partial charge in [0.05, 0.1) is 29.5 Å². The zero-order valence-corrected chi connectivity index (χ0v) is 15.8. The lowest BCUT2D eigenvalue weighted by molar-refractivity contribution is 0.415. The minimum absolute atomic E-state index is 0.163. The van der Waals surface area contributed by atoms with Crippen molar-refractivity contribution in [3.8, 4) is 34.0 Å². The van der Waals surface area contributed by atoms with Gasteiger partial charge in [0.2, 0.25) is 0 Å². The lowest BCUT2D eigenvalue weighted by atomic mass is 10.1. The van der Waals surface area contributed by atoms with Gasteiger partial charge >= 0.3 is 5.69 Å². The smallest absolute Gasteiger partial charge is 0.331 e. The molecule has 29 heavy (non-hydrogen) atoms. The van der Waals surface area contributed by atoms with Gasteiger partial charge in [-0.25, -0.2) is 4.79 Å². The molecule has 3 aromatic carbocycles. The van der Waals surface area contributed by atoms with Crippen LogP contribution in [0.25, 0.3) is 39.2 Å². The molecule has 2 heterocycles. The third-order valence-electron chi connectivity index (χ3n) is 5.09. The number of aromatic amines is 2. The van der Waals surface area contributed by atoms with E-state index in [0.29, 0.717) is 0 Å². The van der Waals surface area contributed by atoms with E-state index in [4.69, 9.17) is 4.74 Å². The van der Waals surface area contributed by atoms with Crippen LogP contribution in [0.4, 0.5) is 0 Å². The number of para-hydroxylation sites is 2. The lowest BCUT2D eigenvalue weighted by Gasteiger charge is -2.05. The Hall–Kier alpha value is -3.99. The summed E-state index contributed by atoms with van der Waals surface area (Å²) in [5, 5.41) is 0. The van der Waals surface area contributed by atoms with Crippen molar-refractivity contribution in [1.29, 1.82) is 0 Å². The van der Waals surface area contributed by atoms with E-state index in [0.717, 1.165) is 45.0 Å². The molecule has 5 nitrogen and oxygen atoms in total. The van der Waals surface area contributed by atoms with Gasteiger partial charge < -0.3 is 14.7 Å². The van der Waals surface area contributed by atoms with E-state index < -0.39 is 0 Å². The molecule has 5 heteroatoms. The van der Waals surface area contributed by atoms with Crippen molar-refractivity contribution in [2.45, 2.75) is 0 Å². The van der Waals surface area contributed by atoms with Crippen LogP contribution in [0.3, 0.4) is 0 Å². The number of fused-ring (bicyclic) bond motifs is 1. The Morgan fingerprint density at radius 3 is 2.28 bits per heavy atom. The Morgan fingerprint density at radius 2 is 1.52 bits per heavy atom. The molecule has 0 aliphatic rings. The maximum Gasteiger partial charge on any atom is 0.331 e. The van der Waals surface area contributed by atoms with Crippen LogP contribution in [0.5, 0.6) is 5.75 Å². The summed E-state index contributed by atoms with van der Waals surface area (Å²) in [4.78, 5) is 19.3. The molecule has 0 fully saturated rings. The van der Waals surface area contributed by atoms with Gasteiger partial charge in [-0.2, -0.15) is 0 Å². The molecule has 5 rings (SSSR count). The van der Waals surface area contributed by atoms with Crippen molar-refractivity contribution >= 4 is 11.0 Å². The number of methoxy groups -OCH3 is 1. The van der Waals surface area contributed by atoms with Crippen LogP contribution in [0.15, 0.2) is 89.7 Å². The highest BCUT2D eigenvalue weighted by Gasteiger charge is 2.17. The average Bonchev–Trinajstić information content (AvgIpc) is 3.34. The van der Waals surface area contributed by atoms with Gasteiger partial charge in [0.15, 0.2) is 0 Å². The van der Waals surface area contributed by atoms with Crippen molar-refractivity contribution in [3.05, 3.63) is 95.4 Å². The van der Waals surface area contributed by atoms with E-state index in [2.05, 4.69) is 9.97 Å². The first-order valence-electron chi connectivity index (χ1n) is 9.37. The van der Waals surface area contributed by atoms with E-state index in [1.165, 1.54) is 0 Å². The van der Waals surface area contributed by atoms with Crippen LogP contribution in [0.1, 0.15) is 0 Å². The van der Waals surface area contributed by atoms with E-state index >= 15 is 0 Å². The highest BCUT2D eigenvalue weighted by molar-refractivity contribution is 5.83. The zero-order chi connectivity index (χ0) is 19.8. The fraction of sp³-hybridized carbons (Fsp3) is 0.0417. The molecule has 0 radical (unpaired) electrons. The highest BCUT2D eigenvalue weighted by Crippen LogP contribution is 2.33. The monoisotopic (exact) mass is 381 g/mol. The molecule has 2 aromatic heterocycles. The molecule has 0 saturated carbocycles. The fourth-order valence-electron chi connectivity index (χ4n) is 3.66. The molecule has 0 amide bonds. The second kappa shape index (κ2) is 6.87. The zero-order valence-electron chi connectivity index (χ0n) is 15.8. The van der Waals surface area contributed by atoms with Crippen LogP contribution < -0.4 is 10.4 Å².